The summed E-state index contributed by atoms with van der Waals surface area (Å²) in [6.45, 7) is 2.54. The number of halogens is 3. The quantitative estimate of drug-likeness (QED) is 0.629. The van der Waals surface area contributed by atoms with Crippen LogP contribution in [0.3, 0.4) is 0 Å². The van der Waals surface area contributed by atoms with Crippen molar-refractivity contribution >= 4 is 15.7 Å². The Bertz CT molecular complexity index is 1040. The van der Waals surface area contributed by atoms with E-state index in [0.29, 0.717) is 24.9 Å². The summed E-state index contributed by atoms with van der Waals surface area (Å²) in [6.07, 6.45) is -4.40. The summed E-state index contributed by atoms with van der Waals surface area (Å²) in [4.78, 5) is 13.8. The van der Waals surface area contributed by atoms with Crippen molar-refractivity contribution < 1.29 is 31.1 Å². The van der Waals surface area contributed by atoms with Gasteiger partial charge in [0.1, 0.15) is 5.75 Å². The normalized spacial score (nSPS) is 18.3. The molecule has 1 saturated heterocycles. The smallest absolute Gasteiger partial charge is 0.416 e. The van der Waals surface area contributed by atoms with Gasteiger partial charge in [-0.2, -0.15) is 13.2 Å². The first-order valence-corrected chi connectivity index (χ1v) is 11.5. The minimum atomic E-state index is -4.61. The van der Waals surface area contributed by atoms with Crippen molar-refractivity contribution in [3.63, 3.8) is 0 Å². The average Bonchev–Trinajstić information content (AvgIpc) is 3.08. The molecule has 3 rings (SSSR count). The molecular formula is C22H24F3NO4S. The number of benzene rings is 2. The Morgan fingerprint density at radius 3 is 2.45 bits per heavy atom. The largest absolute Gasteiger partial charge is 0.497 e. The number of nitrogens with zero attached hydrogens (tertiary/aromatic N) is 1. The Morgan fingerprint density at radius 1 is 1.16 bits per heavy atom. The van der Waals surface area contributed by atoms with E-state index in [2.05, 4.69) is 0 Å². The number of hydrogen-bond acceptors (Lipinski definition) is 4. The number of hydrogen-bond donors (Lipinski definition) is 0. The summed E-state index contributed by atoms with van der Waals surface area (Å²) in [5, 5.41) is 0. The molecule has 1 aliphatic heterocycles. The number of methoxy groups -OCH3 is 1. The highest BCUT2D eigenvalue weighted by Gasteiger charge is 2.36. The summed E-state index contributed by atoms with van der Waals surface area (Å²) >= 11 is 0. The molecule has 2 unspecified atom stereocenters. The molecule has 1 heterocycles. The number of likely N-dealkylation sites (tertiary alicyclic amines) is 1. The molecule has 9 heteroatoms. The number of carbonyl (C=O) groups is 1. The van der Waals surface area contributed by atoms with Crippen LogP contribution in [0.25, 0.3) is 0 Å². The second-order valence-corrected chi connectivity index (χ2v) is 9.91. The maximum atomic E-state index is 12.9. The van der Waals surface area contributed by atoms with E-state index in [-0.39, 0.29) is 34.8 Å². The second-order valence-electron chi connectivity index (χ2n) is 7.87. The number of rotatable bonds is 7. The van der Waals surface area contributed by atoms with Crippen LogP contribution in [0.2, 0.25) is 0 Å². The van der Waals surface area contributed by atoms with Gasteiger partial charge in [-0.3, -0.25) is 4.79 Å². The number of alkyl halides is 3. The van der Waals surface area contributed by atoms with Crippen LogP contribution in [-0.4, -0.2) is 38.6 Å². The van der Waals surface area contributed by atoms with Crippen LogP contribution < -0.4 is 4.74 Å². The monoisotopic (exact) mass is 455 g/mol. The lowest BCUT2D eigenvalue weighted by Crippen LogP contribution is -2.27. The molecule has 2 aromatic rings. The molecule has 0 N–H and O–H groups in total. The molecule has 1 fully saturated rings. The van der Waals surface area contributed by atoms with Crippen molar-refractivity contribution in [2.75, 3.05) is 19.4 Å². The Labute approximate surface area is 179 Å². The fourth-order valence-corrected chi connectivity index (χ4v) is 5.48. The Hall–Kier alpha value is -2.55. The Balaban J connectivity index is 1.66. The van der Waals surface area contributed by atoms with Crippen LogP contribution in [0.4, 0.5) is 13.2 Å². The van der Waals surface area contributed by atoms with Gasteiger partial charge in [0.2, 0.25) is 5.91 Å². The number of ether oxygens (including phenoxy) is 1. The van der Waals surface area contributed by atoms with Crippen LogP contribution in [0, 0.1) is 11.8 Å². The zero-order valence-corrected chi connectivity index (χ0v) is 18.0. The molecule has 5 nitrogen and oxygen atoms in total. The van der Waals surface area contributed by atoms with E-state index in [0.717, 1.165) is 17.7 Å². The molecule has 2 aromatic carbocycles. The molecule has 0 saturated carbocycles. The van der Waals surface area contributed by atoms with Crippen molar-refractivity contribution in [2.45, 2.75) is 31.0 Å². The summed E-state index contributed by atoms with van der Waals surface area (Å²) in [5.74, 6) is -0.245. The second kappa shape index (κ2) is 8.90. The number of amides is 1. The third-order valence-electron chi connectivity index (χ3n) is 5.58. The number of carbonyl (C=O) groups excluding carboxylic acids is 1. The van der Waals surface area contributed by atoms with E-state index in [9.17, 15) is 26.4 Å². The molecule has 168 valence electrons. The van der Waals surface area contributed by atoms with E-state index in [4.69, 9.17) is 4.74 Å². The summed E-state index contributed by atoms with van der Waals surface area (Å²) in [5.41, 5.74) is -0.0676. The van der Waals surface area contributed by atoms with Crippen molar-refractivity contribution in [3.05, 3.63) is 59.7 Å². The van der Waals surface area contributed by atoms with Gasteiger partial charge in [0.15, 0.2) is 9.84 Å². The van der Waals surface area contributed by atoms with Gasteiger partial charge in [-0.05, 0) is 47.7 Å². The lowest BCUT2D eigenvalue weighted by atomic mass is 9.95. The van der Waals surface area contributed by atoms with Crippen molar-refractivity contribution in [1.82, 2.24) is 4.90 Å². The average molecular weight is 455 g/mol. The predicted octanol–water partition coefficient (Wildman–Crippen LogP) is 4.17. The maximum Gasteiger partial charge on any atom is 0.416 e. The van der Waals surface area contributed by atoms with Crippen LogP contribution in [0.5, 0.6) is 5.75 Å². The van der Waals surface area contributed by atoms with Crippen LogP contribution in [-0.2, 0) is 27.4 Å². The predicted molar refractivity (Wildman–Crippen MR) is 109 cm³/mol. The third-order valence-corrected chi connectivity index (χ3v) is 7.52. The lowest BCUT2D eigenvalue weighted by molar-refractivity contribution is -0.137. The summed E-state index contributed by atoms with van der Waals surface area (Å²) in [6, 6.07) is 11.1. The van der Waals surface area contributed by atoms with Crippen LogP contribution in [0.15, 0.2) is 53.4 Å². The highest BCUT2D eigenvalue weighted by molar-refractivity contribution is 7.91. The summed E-state index contributed by atoms with van der Waals surface area (Å²) in [7, 11) is -2.36. The van der Waals surface area contributed by atoms with Gasteiger partial charge in [0, 0.05) is 19.5 Å². The van der Waals surface area contributed by atoms with Crippen molar-refractivity contribution in [2.24, 2.45) is 11.8 Å². The highest BCUT2D eigenvalue weighted by Crippen LogP contribution is 2.32. The maximum absolute atomic E-state index is 12.9. The zero-order chi connectivity index (χ0) is 22.8. The highest BCUT2D eigenvalue weighted by atomic mass is 32.2. The van der Waals surface area contributed by atoms with E-state index in [1.165, 1.54) is 6.07 Å². The fourth-order valence-electron chi connectivity index (χ4n) is 3.73. The van der Waals surface area contributed by atoms with Gasteiger partial charge < -0.3 is 9.64 Å². The first-order chi connectivity index (χ1) is 14.5. The first kappa shape index (κ1) is 23.1. The van der Waals surface area contributed by atoms with E-state index < -0.39 is 21.6 Å². The molecule has 0 radical (unpaired) electrons. The molecule has 0 aliphatic carbocycles. The minimum absolute atomic E-state index is 0.0656. The van der Waals surface area contributed by atoms with E-state index in [1.54, 1.807) is 31.1 Å². The molecule has 31 heavy (non-hydrogen) atoms. The van der Waals surface area contributed by atoms with E-state index in [1.807, 2.05) is 12.1 Å². The zero-order valence-electron chi connectivity index (χ0n) is 17.2. The van der Waals surface area contributed by atoms with Crippen LogP contribution in [0.1, 0.15) is 24.5 Å². The molecule has 0 spiro atoms. The molecule has 0 aromatic heterocycles. The first-order valence-electron chi connectivity index (χ1n) is 9.80. The fraction of sp³-hybridized carbons (Fsp3) is 0.409. The van der Waals surface area contributed by atoms with Gasteiger partial charge >= 0.3 is 6.18 Å². The van der Waals surface area contributed by atoms with Gasteiger partial charge in [0.25, 0.3) is 0 Å². The van der Waals surface area contributed by atoms with E-state index >= 15 is 0 Å². The van der Waals surface area contributed by atoms with Gasteiger partial charge in [-0.25, -0.2) is 8.42 Å². The number of sulfone groups is 1. The lowest BCUT2D eigenvalue weighted by Gasteiger charge is -2.21. The topological polar surface area (TPSA) is 63.7 Å². The third kappa shape index (κ3) is 5.58. The van der Waals surface area contributed by atoms with Crippen molar-refractivity contribution in [3.8, 4) is 5.75 Å². The molecular weight excluding hydrogens is 431 g/mol. The van der Waals surface area contributed by atoms with Gasteiger partial charge in [0.05, 0.1) is 23.3 Å². The molecule has 0 bridgehead atoms. The molecule has 1 aliphatic rings. The minimum Gasteiger partial charge on any atom is -0.497 e. The standard InChI is InChI=1S/C22H24F3NO4S/c1-15(14-31(28,29)20-5-3-4-18(11-20)22(23,24)25)17-10-21(27)26(13-17)12-16-6-8-19(30-2)9-7-16/h3-9,11,15,17H,10,12-14H2,1-2H3. The van der Waals surface area contributed by atoms with Crippen molar-refractivity contribution in [1.29, 1.82) is 0 Å². The van der Waals surface area contributed by atoms with Gasteiger partial charge in [-0.1, -0.05) is 25.1 Å². The SMILES string of the molecule is COc1ccc(CN2CC(C(C)CS(=O)(=O)c3cccc(C(F)(F)F)c3)CC2=O)cc1. The van der Waals surface area contributed by atoms with Crippen LogP contribution >= 0.6 is 0 Å². The summed E-state index contributed by atoms with van der Waals surface area (Å²) < 4.78 is 69.3. The molecule has 2 atom stereocenters. The molecule has 1 amide bonds. The Morgan fingerprint density at radius 2 is 1.84 bits per heavy atom. The van der Waals surface area contributed by atoms with Gasteiger partial charge in [-0.15, -0.1) is 0 Å². The Kier molecular flexibility index (Phi) is 6.64.